The van der Waals surface area contributed by atoms with Crippen LogP contribution in [0.1, 0.15) is 21.8 Å². The first-order valence-electron chi connectivity index (χ1n) is 5.19. The van der Waals surface area contributed by atoms with Crippen LogP contribution in [0, 0.1) is 0 Å². The van der Waals surface area contributed by atoms with Gasteiger partial charge in [0, 0.05) is 12.6 Å². The highest BCUT2D eigenvalue weighted by molar-refractivity contribution is 7.59. The van der Waals surface area contributed by atoms with E-state index in [1.165, 1.54) is 0 Å². The molecule has 0 unspecified atom stereocenters. The number of rotatable bonds is 2. The number of carboxylic acids is 1. The van der Waals surface area contributed by atoms with Gasteiger partial charge >= 0.3 is 5.97 Å². The Bertz CT molecular complexity index is 404. The van der Waals surface area contributed by atoms with E-state index >= 15 is 0 Å². The minimum Gasteiger partial charge on any atom is -0.478 e. The third kappa shape index (κ3) is 3.01. The summed E-state index contributed by atoms with van der Waals surface area (Å²) < 4.78 is 10.5. The summed E-state index contributed by atoms with van der Waals surface area (Å²) in [7, 11) is -2.61. The smallest absolute Gasteiger partial charge is 0.335 e. The first-order valence-corrected chi connectivity index (χ1v) is 7.22. The predicted molar refractivity (Wildman–Crippen MR) is 63.1 cm³/mol. The molecule has 1 aromatic rings. The molecule has 2 N–H and O–H groups in total. The van der Waals surface area contributed by atoms with Gasteiger partial charge < -0.3 is 19.0 Å². The molecule has 0 aliphatic carbocycles. The molecule has 6 heteroatoms. The molecule has 0 spiro atoms. The van der Waals surface area contributed by atoms with Crippen molar-refractivity contribution < 1.29 is 23.8 Å². The highest BCUT2D eigenvalue weighted by atomic mass is 31.2. The number of hydrogen-bond donors (Lipinski definition) is 2. The zero-order chi connectivity index (χ0) is 12.5. The lowest BCUT2D eigenvalue weighted by Gasteiger charge is -2.34. The first-order chi connectivity index (χ1) is 7.98. The van der Waals surface area contributed by atoms with E-state index in [1.807, 2.05) is 0 Å². The molecule has 17 heavy (non-hydrogen) atoms. The fourth-order valence-electron chi connectivity index (χ4n) is 1.63. The molecule has 2 rings (SSSR count). The molecule has 0 amide bonds. The van der Waals surface area contributed by atoms with E-state index in [-0.39, 0.29) is 11.5 Å². The fraction of sp³-hybridized carbons (Fsp3) is 0.364. The van der Waals surface area contributed by atoms with Crippen molar-refractivity contribution in [1.29, 1.82) is 0 Å². The van der Waals surface area contributed by atoms with Crippen molar-refractivity contribution in [3.8, 4) is 0 Å². The number of benzene rings is 1. The van der Waals surface area contributed by atoms with E-state index < -0.39 is 13.9 Å². The maximum absolute atomic E-state index is 10.7. The summed E-state index contributed by atoms with van der Waals surface area (Å²) in [5.74, 6) is -0.903. The molecule has 1 aliphatic heterocycles. The Morgan fingerprint density at radius 2 is 1.82 bits per heavy atom. The molecule has 1 radical (unpaired) electrons. The van der Waals surface area contributed by atoms with Gasteiger partial charge in [-0.25, -0.2) is 4.79 Å². The molecule has 0 atom stereocenters. The number of carboxylic acid groups (broad SMARTS) is 1. The van der Waals surface area contributed by atoms with E-state index in [2.05, 4.69) is 0 Å². The average molecular weight is 257 g/mol. The van der Waals surface area contributed by atoms with Crippen molar-refractivity contribution in [3.63, 3.8) is 0 Å². The van der Waals surface area contributed by atoms with Crippen LogP contribution in [0.5, 0.6) is 0 Å². The van der Waals surface area contributed by atoms with Crippen LogP contribution in [-0.2, 0) is 9.05 Å². The molecule has 0 saturated carbocycles. The van der Waals surface area contributed by atoms with E-state index in [0.717, 1.165) is 5.56 Å². The summed E-state index contributed by atoms with van der Waals surface area (Å²) in [6.07, 6.45) is 0. The van der Waals surface area contributed by atoms with Crippen LogP contribution in [0.4, 0.5) is 0 Å². The van der Waals surface area contributed by atoms with Crippen molar-refractivity contribution >= 4 is 13.9 Å². The molecule has 1 saturated heterocycles. The van der Waals surface area contributed by atoms with Crippen molar-refractivity contribution in [2.75, 3.05) is 19.9 Å². The molecular formula is C11H14O5P. The Morgan fingerprint density at radius 1 is 1.29 bits per heavy atom. The van der Waals surface area contributed by atoms with Crippen LogP contribution in [-0.4, -0.2) is 35.8 Å². The molecule has 1 aromatic carbocycles. The van der Waals surface area contributed by atoms with Crippen LogP contribution in [0.2, 0.25) is 0 Å². The molecule has 5 nitrogen and oxygen atoms in total. The lowest BCUT2D eigenvalue weighted by molar-refractivity contribution is 0.0697. The predicted octanol–water partition coefficient (Wildman–Crippen LogP) is 1.90. The summed E-state index contributed by atoms with van der Waals surface area (Å²) in [6.45, 7) is 2.34. The van der Waals surface area contributed by atoms with Gasteiger partial charge in [-0.1, -0.05) is 12.1 Å². The van der Waals surface area contributed by atoms with Gasteiger partial charge in [0.1, 0.15) is 0 Å². The Hall–Kier alpha value is -1.00. The Morgan fingerprint density at radius 3 is 2.29 bits per heavy atom. The van der Waals surface area contributed by atoms with E-state index in [0.29, 0.717) is 13.2 Å². The zero-order valence-electron chi connectivity index (χ0n) is 9.37. The number of hydrogen-bond acceptors (Lipinski definition) is 4. The zero-order valence-corrected chi connectivity index (χ0v) is 10.3. The largest absolute Gasteiger partial charge is 0.478 e. The van der Waals surface area contributed by atoms with E-state index in [9.17, 15) is 9.69 Å². The molecule has 0 aromatic heterocycles. The van der Waals surface area contributed by atoms with Crippen LogP contribution in [0.15, 0.2) is 24.3 Å². The van der Waals surface area contributed by atoms with E-state index in [1.54, 1.807) is 30.9 Å². The monoisotopic (exact) mass is 257 g/mol. The summed E-state index contributed by atoms with van der Waals surface area (Å²) >= 11 is 0. The quantitative estimate of drug-likeness (QED) is 0.791. The van der Waals surface area contributed by atoms with Gasteiger partial charge in [0.15, 0.2) is 0 Å². The normalized spacial score (nSPS) is 28.9. The Labute approximate surface area is 99.6 Å². The third-order valence-corrected chi connectivity index (χ3v) is 3.92. The van der Waals surface area contributed by atoms with Crippen LogP contribution in [0.25, 0.3) is 0 Å². The average Bonchev–Trinajstić information content (AvgIpc) is 2.29. The lowest BCUT2D eigenvalue weighted by atomic mass is 10.00. The van der Waals surface area contributed by atoms with Gasteiger partial charge in [-0.05, 0) is 17.7 Å². The van der Waals surface area contributed by atoms with Crippen molar-refractivity contribution in [2.45, 2.75) is 5.92 Å². The second-order valence-corrected chi connectivity index (χ2v) is 6.14. The summed E-state index contributed by atoms with van der Waals surface area (Å²) in [6, 6.07) is 6.61. The molecule has 0 bridgehead atoms. The highest BCUT2D eigenvalue weighted by Gasteiger charge is 2.30. The summed E-state index contributed by atoms with van der Waals surface area (Å²) in [4.78, 5) is 20.2. The molecule has 93 valence electrons. The minimum absolute atomic E-state index is 0.0399. The first kappa shape index (κ1) is 12.5. The fourth-order valence-corrected chi connectivity index (χ4v) is 2.62. The van der Waals surface area contributed by atoms with Crippen molar-refractivity contribution in [2.24, 2.45) is 0 Å². The number of aromatic carboxylic acids is 1. The van der Waals surface area contributed by atoms with Gasteiger partial charge in [0.25, 0.3) is 0 Å². The standard InChI is InChI=1S/C11H14O5P/c1-17(14)15-6-10(7-16-17)8-2-4-9(5-3-8)11(12)13/h2-5,10,14H,6-7H2,1H3,(H,12,13). The van der Waals surface area contributed by atoms with Gasteiger partial charge in [0.2, 0.25) is 7.94 Å². The molecular weight excluding hydrogens is 243 g/mol. The lowest BCUT2D eigenvalue weighted by Crippen LogP contribution is -2.21. The summed E-state index contributed by atoms with van der Waals surface area (Å²) in [5.41, 5.74) is 1.21. The highest BCUT2D eigenvalue weighted by Crippen LogP contribution is 2.56. The van der Waals surface area contributed by atoms with Gasteiger partial charge in [-0.3, -0.25) is 0 Å². The Kier molecular flexibility index (Phi) is 3.45. The van der Waals surface area contributed by atoms with Crippen LogP contribution >= 0.6 is 7.94 Å². The minimum atomic E-state index is -2.61. The SMILES string of the molecule is C[P]1(O)OCC(c2ccc(C(=O)O)cc2)CO1. The second kappa shape index (κ2) is 4.70. The third-order valence-electron chi connectivity index (χ3n) is 2.66. The molecule has 1 fully saturated rings. The van der Waals surface area contributed by atoms with Gasteiger partial charge in [0.05, 0.1) is 18.8 Å². The second-order valence-electron chi connectivity index (χ2n) is 4.02. The molecule has 1 aliphatic rings. The van der Waals surface area contributed by atoms with E-state index in [4.69, 9.17) is 14.2 Å². The van der Waals surface area contributed by atoms with Crippen molar-refractivity contribution in [1.82, 2.24) is 0 Å². The maximum atomic E-state index is 10.7. The van der Waals surface area contributed by atoms with Crippen LogP contribution < -0.4 is 0 Å². The maximum Gasteiger partial charge on any atom is 0.335 e. The van der Waals surface area contributed by atoms with Gasteiger partial charge in [-0.15, -0.1) is 0 Å². The van der Waals surface area contributed by atoms with Gasteiger partial charge in [-0.2, -0.15) is 0 Å². The molecule has 1 heterocycles. The Balaban J connectivity index is 2.06. The topological polar surface area (TPSA) is 76.0 Å². The number of carbonyl (C=O) groups is 1. The summed E-state index contributed by atoms with van der Waals surface area (Å²) in [5, 5.41) is 8.78. The van der Waals surface area contributed by atoms with Crippen LogP contribution in [0.3, 0.4) is 0 Å². The van der Waals surface area contributed by atoms with Crippen molar-refractivity contribution in [3.05, 3.63) is 35.4 Å².